The number of likely N-dealkylation sites (N-methyl/N-ethyl adjacent to an activating group) is 1. The highest BCUT2D eigenvalue weighted by molar-refractivity contribution is 9.10. The summed E-state index contributed by atoms with van der Waals surface area (Å²) >= 11 is 3.43. The summed E-state index contributed by atoms with van der Waals surface area (Å²) in [6, 6.07) is 11.1. The average Bonchev–Trinajstić information content (AvgIpc) is 2.42. The van der Waals surface area contributed by atoms with Gasteiger partial charge in [-0.2, -0.15) is 0 Å². The molecular formula is C16H16BrF2N. The zero-order valence-corrected chi connectivity index (χ0v) is 12.8. The molecule has 0 aliphatic heterocycles. The molecule has 0 heterocycles. The van der Waals surface area contributed by atoms with Crippen molar-refractivity contribution in [3.8, 4) is 0 Å². The van der Waals surface area contributed by atoms with Gasteiger partial charge in [-0.15, -0.1) is 0 Å². The molecule has 0 fully saturated rings. The number of halogens is 3. The van der Waals surface area contributed by atoms with E-state index in [4.69, 9.17) is 0 Å². The van der Waals surface area contributed by atoms with Crippen LogP contribution in [-0.2, 0) is 6.42 Å². The van der Waals surface area contributed by atoms with E-state index in [1.54, 1.807) is 12.1 Å². The molecule has 1 unspecified atom stereocenters. The highest BCUT2D eigenvalue weighted by Crippen LogP contribution is 2.25. The van der Waals surface area contributed by atoms with Crippen LogP contribution in [0.1, 0.15) is 24.1 Å². The van der Waals surface area contributed by atoms with Crippen LogP contribution in [-0.4, -0.2) is 6.54 Å². The van der Waals surface area contributed by atoms with Gasteiger partial charge in [0.25, 0.3) is 0 Å². The molecule has 0 amide bonds. The van der Waals surface area contributed by atoms with Crippen molar-refractivity contribution in [2.75, 3.05) is 6.54 Å². The van der Waals surface area contributed by atoms with E-state index in [1.807, 2.05) is 13.0 Å². The number of benzene rings is 2. The third kappa shape index (κ3) is 3.87. The molecule has 0 spiro atoms. The Bertz CT molecular complexity index is 586. The van der Waals surface area contributed by atoms with Gasteiger partial charge in [0, 0.05) is 10.5 Å². The molecule has 4 heteroatoms. The van der Waals surface area contributed by atoms with Crippen LogP contribution in [0.3, 0.4) is 0 Å². The van der Waals surface area contributed by atoms with Crippen LogP contribution in [0.5, 0.6) is 0 Å². The minimum atomic E-state index is -0.266. The van der Waals surface area contributed by atoms with Gasteiger partial charge in [-0.3, -0.25) is 0 Å². The van der Waals surface area contributed by atoms with E-state index in [1.165, 1.54) is 24.3 Å². The van der Waals surface area contributed by atoms with Crippen molar-refractivity contribution >= 4 is 15.9 Å². The highest BCUT2D eigenvalue weighted by Gasteiger charge is 2.14. The van der Waals surface area contributed by atoms with E-state index in [0.717, 1.165) is 22.1 Å². The first-order valence-electron chi connectivity index (χ1n) is 6.53. The van der Waals surface area contributed by atoms with Gasteiger partial charge in [0.05, 0.1) is 0 Å². The van der Waals surface area contributed by atoms with Crippen LogP contribution < -0.4 is 5.32 Å². The first kappa shape index (κ1) is 15.1. The maximum Gasteiger partial charge on any atom is 0.123 e. The van der Waals surface area contributed by atoms with Gasteiger partial charge in [0.15, 0.2) is 0 Å². The monoisotopic (exact) mass is 339 g/mol. The Morgan fingerprint density at radius 1 is 1.10 bits per heavy atom. The number of hydrogen-bond acceptors (Lipinski definition) is 1. The van der Waals surface area contributed by atoms with Crippen molar-refractivity contribution < 1.29 is 8.78 Å². The van der Waals surface area contributed by atoms with Gasteiger partial charge >= 0.3 is 0 Å². The van der Waals surface area contributed by atoms with Crippen molar-refractivity contribution in [1.29, 1.82) is 0 Å². The Labute approximate surface area is 126 Å². The lowest BCUT2D eigenvalue weighted by atomic mass is 9.98. The first-order valence-corrected chi connectivity index (χ1v) is 7.32. The zero-order valence-electron chi connectivity index (χ0n) is 11.2. The Kier molecular flexibility index (Phi) is 5.26. The summed E-state index contributed by atoms with van der Waals surface area (Å²) in [5, 5.41) is 3.31. The quantitative estimate of drug-likeness (QED) is 0.837. The third-order valence-electron chi connectivity index (χ3n) is 3.13. The molecule has 2 aromatic rings. The smallest absolute Gasteiger partial charge is 0.123 e. The zero-order chi connectivity index (χ0) is 14.5. The Hall–Kier alpha value is -1.26. The average molecular weight is 340 g/mol. The van der Waals surface area contributed by atoms with Gasteiger partial charge < -0.3 is 5.32 Å². The Morgan fingerprint density at radius 2 is 1.85 bits per heavy atom. The summed E-state index contributed by atoms with van der Waals surface area (Å²) in [5.41, 5.74) is 1.73. The molecular weight excluding hydrogens is 324 g/mol. The lowest BCUT2D eigenvalue weighted by Gasteiger charge is -2.19. The van der Waals surface area contributed by atoms with Gasteiger partial charge in [0.1, 0.15) is 11.6 Å². The number of rotatable bonds is 5. The largest absolute Gasteiger partial charge is 0.310 e. The van der Waals surface area contributed by atoms with E-state index in [-0.39, 0.29) is 17.7 Å². The van der Waals surface area contributed by atoms with Crippen LogP contribution in [0.25, 0.3) is 0 Å². The van der Waals surface area contributed by atoms with Crippen molar-refractivity contribution in [1.82, 2.24) is 5.32 Å². The molecule has 106 valence electrons. The SMILES string of the molecule is CCNC(Cc1cc(F)ccc1Br)c1cccc(F)c1. The summed E-state index contributed by atoms with van der Waals surface area (Å²) in [6.07, 6.45) is 0.593. The third-order valence-corrected chi connectivity index (χ3v) is 3.91. The standard InChI is InChI=1S/C16H16BrF2N/c1-2-20-16(11-4-3-5-13(18)8-11)10-12-9-14(19)6-7-15(12)17/h3-9,16,20H,2,10H2,1H3. The minimum Gasteiger partial charge on any atom is -0.310 e. The second-order valence-corrected chi connectivity index (χ2v) is 5.46. The van der Waals surface area contributed by atoms with Crippen molar-refractivity contribution in [2.45, 2.75) is 19.4 Å². The Balaban J connectivity index is 2.27. The topological polar surface area (TPSA) is 12.0 Å². The lowest BCUT2D eigenvalue weighted by molar-refractivity contribution is 0.539. The van der Waals surface area contributed by atoms with Crippen molar-refractivity contribution in [3.63, 3.8) is 0 Å². The minimum absolute atomic E-state index is 0.0474. The van der Waals surface area contributed by atoms with Crippen LogP contribution in [0.2, 0.25) is 0 Å². The van der Waals surface area contributed by atoms with E-state index < -0.39 is 0 Å². The van der Waals surface area contributed by atoms with Crippen molar-refractivity contribution in [2.24, 2.45) is 0 Å². The van der Waals surface area contributed by atoms with E-state index in [9.17, 15) is 8.78 Å². The van der Waals surface area contributed by atoms with Crippen LogP contribution in [0, 0.1) is 11.6 Å². The fourth-order valence-electron chi connectivity index (χ4n) is 2.20. The Morgan fingerprint density at radius 3 is 2.55 bits per heavy atom. The van der Waals surface area contributed by atoms with Gasteiger partial charge in [-0.05, 0) is 54.4 Å². The number of hydrogen-bond donors (Lipinski definition) is 1. The summed E-state index contributed by atoms with van der Waals surface area (Å²) in [7, 11) is 0. The van der Waals surface area contributed by atoms with Gasteiger partial charge in [-0.25, -0.2) is 8.78 Å². The maximum atomic E-state index is 13.4. The van der Waals surface area contributed by atoms with Crippen molar-refractivity contribution in [3.05, 3.63) is 69.7 Å². The second-order valence-electron chi connectivity index (χ2n) is 4.61. The van der Waals surface area contributed by atoms with Crippen LogP contribution in [0.4, 0.5) is 8.78 Å². The summed E-state index contributed by atoms with van der Waals surface area (Å²) in [5.74, 6) is -0.526. The van der Waals surface area contributed by atoms with E-state index in [2.05, 4.69) is 21.2 Å². The molecule has 1 nitrogen and oxygen atoms in total. The predicted molar refractivity (Wildman–Crippen MR) is 80.6 cm³/mol. The summed E-state index contributed by atoms with van der Waals surface area (Å²) in [6.45, 7) is 2.75. The molecule has 0 radical (unpaired) electrons. The van der Waals surface area contributed by atoms with Crippen LogP contribution in [0.15, 0.2) is 46.9 Å². The predicted octanol–water partition coefficient (Wildman–Crippen LogP) is 4.62. The normalized spacial score (nSPS) is 12.4. The molecule has 2 rings (SSSR count). The fraction of sp³-hybridized carbons (Fsp3) is 0.250. The van der Waals surface area contributed by atoms with E-state index in [0.29, 0.717) is 6.42 Å². The van der Waals surface area contributed by atoms with Gasteiger partial charge in [-0.1, -0.05) is 35.0 Å². The summed E-state index contributed by atoms with van der Waals surface area (Å²) < 4.78 is 27.6. The maximum absolute atomic E-state index is 13.4. The molecule has 0 aromatic heterocycles. The van der Waals surface area contributed by atoms with Gasteiger partial charge in [0.2, 0.25) is 0 Å². The molecule has 20 heavy (non-hydrogen) atoms. The molecule has 0 aliphatic carbocycles. The molecule has 0 saturated heterocycles. The lowest BCUT2D eigenvalue weighted by Crippen LogP contribution is -2.23. The number of nitrogens with one attached hydrogen (secondary N) is 1. The molecule has 0 bridgehead atoms. The molecule has 0 saturated carbocycles. The molecule has 2 aromatic carbocycles. The summed E-state index contributed by atoms with van der Waals surface area (Å²) in [4.78, 5) is 0. The fourth-order valence-corrected chi connectivity index (χ4v) is 2.61. The van der Waals surface area contributed by atoms with Crippen LogP contribution >= 0.6 is 15.9 Å². The second kappa shape index (κ2) is 6.95. The van der Waals surface area contributed by atoms with E-state index >= 15 is 0 Å². The first-order chi connectivity index (χ1) is 9.60. The molecule has 1 atom stereocenters. The molecule has 1 N–H and O–H groups in total. The highest BCUT2D eigenvalue weighted by atomic mass is 79.9. The molecule has 0 aliphatic rings.